The number of fused-ring (bicyclic) bond motifs is 1. The molecule has 0 aliphatic carbocycles. The zero-order valence-electron chi connectivity index (χ0n) is 10.4. The predicted octanol–water partition coefficient (Wildman–Crippen LogP) is 2.42. The number of anilines is 1. The fourth-order valence-corrected chi connectivity index (χ4v) is 2.60. The minimum atomic E-state index is -0.148. The van der Waals surface area contributed by atoms with E-state index in [1.807, 2.05) is 30.3 Å². The number of halogens is 1. The molecule has 2 aromatic rings. The molecule has 1 aliphatic heterocycles. The normalized spacial score (nSPS) is 17.2. The zero-order chi connectivity index (χ0) is 13.3. The van der Waals surface area contributed by atoms with Gasteiger partial charge < -0.3 is 15.2 Å². The SMILES string of the molecule is OCC1(CNc2ccc3cccc(Br)c3n2)COC1. The third-order valence-corrected chi connectivity index (χ3v) is 4.11. The molecule has 0 unspecified atom stereocenters. The monoisotopic (exact) mass is 322 g/mol. The predicted molar refractivity (Wildman–Crippen MR) is 78.3 cm³/mol. The molecule has 1 aromatic carbocycles. The number of hydrogen-bond acceptors (Lipinski definition) is 4. The Labute approximate surface area is 119 Å². The lowest BCUT2D eigenvalue weighted by molar-refractivity contribution is -0.128. The molecule has 0 spiro atoms. The van der Waals surface area contributed by atoms with E-state index in [-0.39, 0.29) is 12.0 Å². The largest absolute Gasteiger partial charge is 0.396 e. The molecule has 100 valence electrons. The summed E-state index contributed by atoms with van der Waals surface area (Å²) in [6.45, 7) is 2.02. The van der Waals surface area contributed by atoms with Gasteiger partial charge in [0, 0.05) is 16.4 Å². The number of aliphatic hydroxyl groups is 1. The van der Waals surface area contributed by atoms with Gasteiger partial charge in [-0.3, -0.25) is 0 Å². The number of aromatic nitrogens is 1. The smallest absolute Gasteiger partial charge is 0.126 e. The van der Waals surface area contributed by atoms with Gasteiger partial charge in [-0.15, -0.1) is 0 Å². The average molecular weight is 323 g/mol. The number of benzene rings is 1. The van der Waals surface area contributed by atoms with Crippen LogP contribution in [0, 0.1) is 5.41 Å². The van der Waals surface area contributed by atoms with Crippen molar-refractivity contribution in [2.24, 2.45) is 5.41 Å². The number of pyridine rings is 1. The van der Waals surface area contributed by atoms with Gasteiger partial charge in [0.25, 0.3) is 0 Å². The molecule has 3 rings (SSSR count). The second-order valence-electron chi connectivity index (χ2n) is 5.01. The van der Waals surface area contributed by atoms with Gasteiger partial charge in [0.05, 0.1) is 30.8 Å². The molecule has 4 nitrogen and oxygen atoms in total. The van der Waals surface area contributed by atoms with Crippen molar-refractivity contribution in [3.05, 3.63) is 34.8 Å². The fourth-order valence-electron chi connectivity index (χ4n) is 2.13. The Morgan fingerprint density at radius 3 is 2.84 bits per heavy atom. The molecule has 0 bridgehead atoms. The summed E-state index contributed by atoms with van der Waals surface area (Å²) in [5, 5.41) is 13.8. The molecule has 5 heteroatoms. The lowest BCUT2D eigenvalue weighted by Gasteiger charge is -2.39. The van der Waals surface area contributed by atoms with Crippen LogP contribution in [0.1, 0.15) is 0 Å². The van der Waals surface area contributed by atoms with Gasteiger partial charge in [0.1, 0.15) is 5.82 Å². The summed E-state index contributed by atoms with van der Waals surface area (Å²) in [6.07, 6.45) is 0. The Balaban J connectivity index is 1.80. The average Bonchev–Trinajstić information content (AvgIpc) is 2.39. The third-order valence-electron chi connectivity index (χ3n) is 3.47. The highest BCUT2D eigenvalue weighted by Crippen LogP contribution is 2.28. The number of nitrogens with one attached hydrogen (secondary N) is 1. The summed E-state index contributed by atoms with van der Waals surface area (Å²) in [5.41, 5.74) is 0.792. The summed E-state index contributed by atoms with van der Waals surface area (Å²) in [6, 6.07) is 10.0. The molecule has 0 radical (unpaired) electrons. The van der Waals surface area contributed by atoms with Crippen molar-refractivity contribution in [1.29, 1.82) is 0 Å². The van der Waals surface area contributed by atoms with E-state index in [1.165, 1.54) is 0 Å². The van der Waals surface area contributed by atoms with Gasteiger partial charge in [-0.25, -0.2) is 4.98 Å². The van der Waals surface area contributed by atoms with E-state index in [9.17, 15) is 5.11 Å². The van der Waals surface area contributed by atoms with Gasteiger partial charge in [-0.1, -0.05) is 12.1 Å². The lowest BCUT2D eigenvalue weighted by Crippen LogP contribution is -2.50. The van der Waals surface area contributed by atoms with E-state index in [0.29, 0.717) is 19.8 Å². The van der Waals surface area contributed by atoms with Crippen LogP contribution in [0.3, 0.4) is 0 Å². The molecule has 1 saturated heterocycles. The van der Waals surface area contributed by atoms with Crippen LogP contribution >= 0.6 is 15.9 Å². The summed E-state index contributed by atoms with van der Waals surface area (Å²) < 4.78 is 6.16. The van der Waals surface area contributed by atoms with E-state index in [0.717, 1.165) is 21.2 Å². The van der Waals surface area contributed by atoms with E-state index < -0.39 is 0 Å². The first kappa shape index (κ1) is 12.8. The second-order valence-corrected chi connectivity index (χ2v) is 5.87. The van der Waals surface area contributed by atoms with E-state index >= 15 is 0 Å². The second kappa shape index (κ2) is 5.07. The summed E-state index contributed by atoms with van der Waals surface area (Å²) in [5.74, 6) is 0.819. The van der Waals surface area contributed by atoms with Crippen molar-refractivity contribution < 1.29 is 9.84 Å². The molecule has 0 saturated carbocycles. The molecular weight excluding hydrogens is 308 g/mol. The van der Waals surface area contributed by atoms with Crippen LogP contribution in [0.4, 0.5) is 5.82 Å². The molecule has 2 heterocycles. The molecule has 19 heavy (non-hydrogen) atoms. The highest BCUT2D eigenvalue weighted by Gasteiger charge is 2.37. The van der Waals surface area contributed by atoms with Gasteiger partial charge in [-0.05, 0) is 34.1 Å². The van der Waals surface area contributed by atoms with Crippen molar-refractivity contribution in [3.8, 4) is 0 Å². The number of ether oxygens (including phenoxy) is 1. The quantitative estimate of drug-likeness (QED) is 0.907. The topological polar surface area (TPSA) is 54.4 Å². The van der Waals surface area contributed by atoms with Crippen molar-refractivity contribution >= 4 is 32.7 Å². The first-order chi connectivity index (χ1) is 9.22. The van der Waals surface area contributed by atoms with Gasteiger partial charge >= 0.3 is 0 Å². The summed E-state index contributed by atoms with van der Waals surface area (Å²) >= 11 is 3.51. The summed E-state index contributed by atoms with van der Waals surface area (Å²) in [4.78, 5) is 4.59. The molecule has 2 N–H and O–H groups in total. The molecule has 1 fully saturated rings. The first-order valence-electron chi connectivity index (χ1n) is 6.20. The molecule has 0 amide bonds. The van der Waals surface area contributed by atoms with Gasteiger partial charge in [0.2, 0.25) is 0 Å². The Hall–Kier alpha value is -1.17. The Morgan fingerprint density at radius 1 is 1.32 bits per heavy atom. The Bertz CT molecular complexity index is 594. The van der Waals surface area contributed by atoms with Crippen molar-refractivity contribution in [3.63, 3.8) is 0 Å². The van der Waals surface area contributed by atoms with Crippen molar-refractivity contribution in [2.75, 3.05) is 31.7 Å². The van der Waals surface area contributed by atoms with Crippen LogP contribution in [0.5, 0.6) is 0 Å². The van der Waals surface area contributed by atoms with Crippen LogP contribution in [-0.2, 0) is 4.74 Å². The molecule has 1 aliphatic rings. The number of para-hydroxylation sites is 1. The maximum atomic E-state index is 9.38. The number of hydrogen-bond donors (Lipinski definition) is 2. The maximum absolute atomic E-state index is 9.38. The van der Waals surface area contributed by atoms with E-state index in [2.05, 4.69) is 26.2 Å². The maximum Gasteiger partial charge on any atom is 0.126 e. The van der Waals surface area contributed by atoms with Crippen LogP contribution in [0.15, 0.2) is 34.8 Å². The van der Waals surface area contributed by atoms with Crippen LogP contribution < -0.4 is 5.32 Å². The highest BCUT2D eigenvalue weighted by atomic mass is 79.9. The van der Waals surface area contributed by atoms with Gasteiger partial charge in [-0.2, -0.15) is 0 Å². The number of aliphatic hydroxyl groups excluding tert-OH is 1. The van der Waals surface area contributed by atoms with Crippen LogP contribution in [0.2, 0.25) is 0 Å². The zero-order valence-corrected chi connectivity index (χ0v) is 12.0. The molecule has 1 aromatic heterocycles. The van der Waals surface area contributed by atoms with Crippen molar-refractivity contribution in [1.82, 2.24) is 4.98 Å². The fraction of sp³-hybridized carbons (Fsp3) is 0.357. The van der Waals surface area contributed by atoms with E-state index in [1.54, 1.807) is 0 Å². The Kier molecular flexibility index (Phi) is 3.43. The van der Waals surface area contributed by atoms with Crippen molar-refractivity contribution in [2.45, 2.75) is 0 Å². The Morgan fingerprint density at radius 2 is 2.16 bits per heavy atom. The minimum absolute atomic E-state index is 0.136. The van der Waals surface area contributed by atoms with E-state index in [4.69, 9.17) is 4.74 Å². The number of nitrogens with zero attached hydrogens (tertiary/aromatic N) is 1. The number of rotatable bonds is 4. The van der Waals surface area contributed by atoms with Gasteiger partial charge in [0.15, 0.2) is 0 Å². The third kappa shape index (κ3) is 2.45. The molecular formula is C14H15BrN2O2. The summed E-state index contributed by atoms with van der Waals surface area (Å²) in [7, 11) is 0. The van der Waals surface area contributed by atoms with Crippen LogP contribution in [0.25, 0.3) is 10.9 Å². The van der Waals surface area contributed by atoms with Crippen LogP contribution in [-0.4, -0.2) is 36.5 Å². The standard InChI is InChI=1S/C14H15BrN2O2/c15-11-3-1-2-10-4-5-12(17-13(10)11)16-6-14(7-18)8-19-9-14/h1-5,18H,6-9H2,(H,16,17). The molecule has 0 atom stereocenters. The first-order valence-corrected chi connectivity index (χ1v) is 7.00. The lowest BCUT2D eigenvalue weighted by atomic mass is 9.87. The highest BCUT2D eigenvalue weighted by molar-refractivity contribution is 9.10. The minimum Gasteiger partial charge on any atom is -0.396 e.